The van der Waals surface area contributed by atoms with Gasteiger partial charge in [0, 0.05) is 41.5 Å². The first kappa shape index (κ1) is 19.6. The van der Waals surface area contributed by atoms with E-state index in [2.05, 4.69) is 26.3 Å². The van der Waals surface area contributed by atoms with Crippen LogP contribution in [0.4, 0.5) is 0 Å². The number of carbonyl (C=O) groups is 2. The molecule has 30 heavy (non-hydrogen) atoms. The minimum absolute atomic E-state index is 0.00260. The van der Waals surface area contributed by atoms with Crippen molar-refractivity contribution < 1.29 is 9.59 Å². The van der Waals surface area contributed by atoms with Gasteiger partial charge < -0.3 is 16.0 Å². The fourth-order valence-electron chi connectivity index (χ4n) is 3.87. The summed E-state index contributed by atoms with van der Waals surface area (Å²) in [4.78, 5) is 35.7. The molecule has 0 atom stereocenters. The number of aromatic amines is 1. The summed E-state index contributed by atoms with van der Waals surface area (Å²) < 4.78 is 1.75. The molecule has 0 saturated heterocycles. The zero-order chi connectivity index (χ0) is 21.3. The van der Waals surface area contributed by atoms with Crippen LogP contribution in [-0.2, 0) is 17.6 Å². The summed E-state index contributed by atoms with van der Waals surface area (Å²) >= 11 is 0. The molecular weight excluding hydrogens is 380 g/mol. The molecule has 8 heteroatoms. The van der Waals surface area contributed by atoms with Crippen LogP contribution >= 0.6 is 0 Å². The number of fused-ring (bicyclic) bond motifs is 2. The molecule has 8 nitrogen and oxygen atoms in total. The Labute approximate surface area is 173 Å². The molecule has 0 unspecified atom stereocenters. The van der Waals surface area contributed by atoms with Crippen LogP contribution in [0.3, 0.4) is 0 Å². The van der Waals surface area contributed by atoms with Crippen molar-refractivity contribution in [2.75, 3.05) is 6.54 Å². The first-order chi connectivity index (χ1) is 14.5. The Morgan fingerprint density at radius 2 is 2.00 bits per heavy atom. The molecule has 0 aliphatic rings. The van der Waals surface area contributed by atoms with Crippen LogP contribution in [0.2, 0.25) is 0 Å². The van der Waals surface area contributed by atoms with Crippen LogP contribution in [0.25, 0.3) is 16.6 Å². The number of benzene rings is 1. The Morgan fingerprint density at radius 1 is 1.20 bits per heavy atom. The lowest BCUT2D eigenvalue weighted by Gasteiger charge is -2.12. The van der Waals surface area contributed by atoms with Crippen molar-refractivity contribution in [1.82, 2.24) is 24.7 Å². The van der Waals surface area contributed by atoms with E-state index in [-0.39, 0.29) is 11.6 Å². The highest BCUT2D eigenvalue weighted by Crippen LogP contribution is 2.19. The number of carbonyl (C=O) groups excluding carboxylic acids is 2. The Kier molecular flexibility index (Phi) is 5.22. The van der Waals surface area contributed by atoms with Gasteiger partial charge in [0.25, 0.3) is 5.91 Å². The number of imidazole rings is 1. The summed E-state index contributed by atoms with van der Waals surface area (Å²) in [5, 5.41) is 4.19. The van der Waals surface area contributed by atoms with Gasteiger partial charge in [-0.25, -0.2) is 9.97 Å². The van der Waals surface area contributed by atoms with Crippen LogP contribution < -0.4 is 11.1 Å². The van der Waals surface area contributed by atoms with Crippen molar-refractivity contribution in [3.05, 3.63) is 65.0 Å². The SMILES string of the molecule is Cc1nc2c(C(N)=O)ncn2c(C)c1CCC(=O)NCCc1c[nH]c2ccccc12. The number of amides is 2. The van der Waals surface area contributed by atoms with Gasteiger partial charge in [0.1, 0.15) is 6.33 Å². The van der Waals surface area contributed by atoms with Crippen molar-refractivity contribution in [2.45, 2.75) is 33.1 Å². The van der Waals surface area contributed by atoms with Gasteiger partial charge >= 0.3 is 0 Å². The van der Waals surface area contributed by atoms with E-state index < -0.39 is 5.91 Å². The summed E-state index contributed by atoms with van der Waals surface area (Å²) in [6.07, 6.45) is 5.23. The number of rotatable bonds is 7. The second-order valence-corrected chi connectivity index (χ2v) is 7.37. The van der Waals surface area contributed by atoms with Crippen LogP contribution in [0.1, 0.15) is 39.4 Å². The molecule has 0 aliphatic heterocycles. The second-order valence-electron chi connectivity index (χ2n) is 7.37. The van der Waals surface area contributed by atoms with E-state index in [0.717, 1.165) is 28.9 Å². The van der Waals surface area contributed by atoms with Gasteiger partial charge in [0.05, 0.1) is 0 Å². The fraction of sp³-hybridized carbons (Fsp3) is 0.273. The highest BCUT2D eigenvalue weighted by atomic mass is 16.2. The Bertz CT molecular complexity index is 1250. The standard InChI is InChI=1S/C22H24N6O2/c1-13-16(14(2)28-12-26-20(21(23)30)22(28)27-13)7-8-19(29)24-10-9-15-11-25-18-6-4-3-5-17(15)18/h3-6,11-12,25H,7-10H2,1-2H3,(H2,23,30)(H,24,29). The molecule has 0 fully saturated rings. The monoisotopic (exact) mass is 404 g/mol. The van der Waals surface area contributed by atoms with Crippen LogP contribution in [0.15, 0.2) is 36.8 Å². The maximum absolute atomic E-state index is 12.4. The van der Waals surface area contributed by atoms with Gasteiger partial charge in [0.15, 0.2) is 11.3 Å². The number of nitrogens with one attached hydrogen (secondary N) is 2. The van der Waals surface area contributed by atoms with Crippen molar-refractivity contribution in [3.63, 3.8) is 0 Å². The first-order valence-corrected chi connectivity index (χ1v) is 9.90. The molecule has 1 aromatic carbocycles. The largest absolute Gasteiger partial charge is 0.364 e. The number of hydrogen-bond donors (Lipinski definition) is 3. The average molecular weight is 404 g/mol. The Balaban J connectivity index is 1.38. The summed E-state index contributed by atoms with van der Waals surface area (Å²) in [6.45, 7) is 4.38. The Hall–Kier alpha value is -3.68. The van der Waals surface area contributed by atoms with Crippen LogP contribution in [0, 0.1) is 13.8 Å². The molecule has 2 amide bonds. The number of para-hydroxylation sites is 1. The third-order valence-electron chi connectivity index (χ3n) is 5.48. The second kappa shape index (κ2) is 7.98. The van der Waals surface area contributed by atoms with Gasteiger partial charge in [-0.3, -0.25) is 14.0 Å². The number of aromatic nitrogens is 4. The van der Waals surface area contributed by atoms with Crippen LogP contribution in [0.5, 0.6) is 0 Å². The van der Waals surface area contributed by atoms with Gasteiger partial charge in [-0.1, -0.05) is 18.2 Å². The van der Waals surface area contributed by atoms with Gasteiger partial charge in [-0.2, -0.15) is 0 Å². The van der Waals surface area contributed by atoms with Crippen molar-refractivity contribution >= 4 is 28.4 Å². The lowest BCUT2D eigenvalue weighted by molar-refractivity contribution is -0.121. The molecule has 0 spiro atoms. The first-order valence-electron chi connectivity index (χ1n) is 9.90. The molecule has 0 bridgehead atoms. The Morgan fingerprint density at radius 3 is 2.80 bits per heavy atom. The normalized spacial score (nSPS) is 11.3. The third kappa shape index (κ3) is 3.63. The lowest BCUT2D eigenvalue weighted by atomic mass is 10.1. The van der Waals surface area contributed by atoms with E-state index in [1.807, 2.05) is 38.2 Å². The number of hydrogen-bond acceptors (Lipinski definition) is 4. The smallest absolute Gasteiger partial charge is 0.271 e. The number of H-pyrrole nitrogens is 1. The zero-order valence-corrected chi connectivity index (χ0v) is 17.0. The summed E-state index contributed by atoms with van der Waals surface area (Å²) in [6, 6.07) is 8.14. The van der Waals surface area contributed by atoms with Crippen molar-refractivity contribution in [3.8, 4) is 0 Å². The predicted octanol–water partition coefficient (Wildman–Crippen LogP) is 2.22. The molecule has 0 saturated carbocycles. The third-order valence-corrected chi connectivity index (χ3v) is 5.48. The number of primary amides is 1. The highest BCUT2D eigenvalue weighted by molar-refractivity contribution is 5.96. The van der Waals surface area contributed by atoms with E-state index in [1.165, 1.54) is 10.9 Å². The van der Waals surface area contributed by atoms with Gasteiger partial charge in [0.2, 0.25) is 5.91 Å². The van der Waals surface area contributed by atoms with Crippen molar-refractivity contribution in [2.24, 2.45) is 5.73 Å². The average Bonchev–Trinajstić information content (AvgIpc) is 3.32. The maximum atomic E-state index is 12.4. The molecule has 4 rings (SSSR count). The fourth-order valence-corrected chi connectivity index (χ4v) is 3.87. The van der Waals surface area contributed by atoms with Gasteiger partial charge in [-0.05, 0) is 43.9 Å². The number of nitrogens with zero attached hydrogens (tertiary/aromatic N) is 3. The molecule has 0 radical (unpaired) electrons. The van der Waals surface area contributed by atoms with E-state index in [4.69, 9.17) is 5.73 Å². The molecule has 0 aliphatic carbocycles. The highest BCUT2D eigenvalue weighted by Gasteiger charge is 2.17. The molecule has 3 heterocycles. The van der Waals surface area contributed by atoms with E-state index >= 15 is 0 Å². The van der Waals surface area contributed by atoms with E-state index in [1.54, 1.807) is 10.7 Å². The predicted molar refractivity (Wildman–Crippen MR) is 114 cm³/mol. The molecular formula is C22H24N6O2. The number of aryl methyl sites for hydroxylation is 2. The number of nitrogens with two attached hydrogens (primary N) is 1. The zero-order valence-electron chi connectivity index (χ0n) is 17.0. The molecule has 4 N–H and O–H groups in total. The van der Waals surface area contributed by atoms with E-state index in [9.17, 15) is 9.59 Å². The minimum atomic E-state index is -0.605. The quantitative estimate of drug-likeness (QED) is 0.438. The summed E-state index contributed by atoms with van der Waals surface area (Å²) in [5.41, 5.74) is 10.9. The molecule has 3 aromatic heterocycles. The summed E-state index contributed by atoms with van der Waals surface area (Å²) in [7, 11) is 0. The molecule has 4 aromatic rings. The summed E-state index contributed by atoms with van der Waals surface area (Å²) in [5.74, 6) is -0.608. The minimum Gasteiger partial charge on any atom is -0.364 e. The van der Waals surface area contributed by atoms with Crippen LogP contribution in [-0.4, -0.2) is 37.7 Å². The van der Waals surface area contributed by atoms with Crippen molar-refractivity contribution in [1.29, 1.82) is 0 Å². The van der Waals surface area contributed by atoms with Gasteiger partial charge in [-0.15, -0.1) is 0 Å². The maximum Gasteiger partial charge on any atom is 0.271 e. The topological polar surface area (TPSA) is 118 Å². The van der Waals surface area contributed by atoms with E-state index in [0.29, 0.717) is 25.0 Å². The lowest BCUT2D eigenvalue weighted by Crippen LogP contribution is -2.26. The molecule has 154 valence electrons.